The Bertz CT molecular complexity index is 829. The lowest BCUT2D eigenvalue weighted by molar-refractivity contribution is -0.126. The number of Topliss-reactive ketones (excluding diaryl/α,β-unsaturated/α-hetero) is 1. The van der Waals surface area contributed by atoms with E-state index in [0.29, 0.717) is 17.3 Å². The maximum Gasteiger partial charge on any atom is 0.227 e. The number of halogens is 1. The quantitative estimate of drug-likeness (QED) is 0.525. The molecule has 2 unspecified atom stereocenters. The smallest absolute Gasteiger partial charge is 0.227 e. The first-order chi connectivity index (χ1) is 13.6. The van der Waals surface area contributed by atoms with E-state index in [1.165, 1.54) is 11.9 Å². The van der Waals surface area contributed by atoms with Crippen molar-refractivity contribution in [1.29, 1.82) is 0 Å². The van der Waals surface area contributed by atoms with E-state index in [-0.39, 0.29) is 30.4 Å². The van der Waals surface area contributed by atoms with Crippen LogP contribution in [-0.2, 0) is 20.9 Å². The van der Waals surface area contributed by atoms with Crippen molar-refractivity contribution in [3.05, 3.63) is 65.2 Å². The highest BCUT2D eigenvalue weighted by atomic mass is 35.5. The molecular formula is C21H21ClN2O3S. The molecule has 0 saturated carbocycles. The van der Waals surface area contributed by atoms with Crippen molar-refractivity contribution in [3.63, 3.8) is 0 Å². The van der Waals surface area contributed by atoms with E-state index in [9.17, 15) is 14.4 Å². The Kier molecular flexibility index (Phi) is 7.25. The largest absolute Gasteiger partial charge is 0.308 e. The molecule has 5 nitrogen and oxygen atoms in total. The van der Waals surface area contributed by atoms with Gasteiger partial charge in [0.05, 0.1) is 12.6 Å². The summed E-state index contributed by atoms with van der Waals surface area (Å²) in [4.78, 5) is 38.2. The normalized spacial score (nSPS) is 18.6. The van der Waals surface area contributed by atoms with Crippen LogP contribution in [0.3, 0.4) is 0 Å². The fourth-order valence-corrected chi connectivity index (χ4v) is 4.24. The second kappa shape index (κ2) is 9.87. The maximum atomic E-state index is 12.9. The van der Waals surface area contributed by atoms with Crippen LogP contribution in [-0.4, -0.2) is 29.8 Å². The Hall–Kier alpha value is -2.15. The lowest BCUT2D eigenvalue weighted by atomic mass is 9.97. The van der Waals surface area contributed by atoms with Gasteiger partial charge in [-0.2, -0.15) is 0 Å². The van der Waals surface area contributed by atoms with Crippen LogP contribution in [0.2, 0.25) is 5.02 Å². The standard InChI is InChI=1S/C21H21ClN2O3S/c22-17-8-6-15(7-9-17)12-24(18-4-2-1-3-5-18)20(27)11-10-19(26)21-16(13-25)14-28-23-21/h1-9,13,16,21,23H,10-12,14H2. The lowest BCUT2D eigenvalue weighted by Crippen LogP contribution is -2.37. The maximum absolute atomic E-state index is 12.9. The molecule has 0 aliphatic carbocycles. The van der Waals surface area contributed by atoms with Crippen molar-refractivity contribution in [2.45, 2.75) is 25.4 Å². The summed E-state index contributed by atoms with van der Waals surface area (Å²) in [6, 6.07) is 16.2. The average molecular weight is 417 g/mol. The number of carbonyl (C=O) groups is 3. The molecule has 2 aromatic rings. The number of nitrogens with zero attached hydrogens (tertiary/aromatic N) is 1. The summed E-state index contributed by atoms with van der Waals surface area (Å²) >= 11 is 7.32. The van der Waals surface area contributed by atoms with Crippen molar-refractivity contribution in [2.75, 3.05) is 10.7 Å². The molecule has 1 saturated heterocycles. The van der Waals surface area contributed by atoms with Gasteiger partial charge in [0.25, 0.3) is 0 Å². The van der Waals surface area contributed by atoms with Gasteiger partial charge < -0.3 is 9.69 Å². The highest BCUT2D eigenvalue weighted by Crippen LogP contribution is 2.23. The number of carbonyl (C=O) groups excluding carboxylic acids is 3. The van der Waals surface area contributed by atoms with Gasteiger partial charge in [0.15, 0.2) is 5.78 Å². The van der Waals surface area contributed by atoms with Crippen LogP contribution in [0.5, 0.6) is 0 Å². The molecule has 2 aromatic carbocycles. The number of para-hydroxylation sites is 1. The molecule has 3 rings (SSSR count). The Balaban J connectivity index is 1.69. The van der Waals surface area contributed by atoms with Crippen LogP contribution in [0.4, 0.5) is 5.69 Å². The number of aldehydes is 1. The van der Waals surface area contributed by atoms with Gasteiger partial charge in [0.2, 0.25) is 5.91 Å². The Morgan fingerprint density at radius 1 is 1.11 bits per heavy atom. The van der Waals surface area contributed by atoms with E-state index in [1.807, 2.05) is 42.5 Å². The van der Waals surface area contributed by atoms with E-state index >= 15 is 0 Å². The van der Waals surface area contributed by atoms with Crippen LogP contribution in [0, 0.1) is 5.92 Å². The first-order valence-corrected chi connectivity index (χ1v) is 10.4. The number of hydrogen-bond donors (Lipinski definition) is 1. The van der Waals surface area contributed by atoms with Crippen LogP contribution in [0.25, 0.3) is 0 Å². The molecule has 1 amide bonds. The van der Waals surface area contributed by atoms with Crippen LogP contribution >= 0.6 is 23.5 Å². The fraction of sp³-hybridized carbons (Fsp3) is 0.286. The summed E-state index contributed by atoms with van der Waals surface area (Å²) in [5.74, 6) is 0.0188. The number of anilines is 1. The molecule has 146 valence electrons. The topological polar surface area (TPSA) is 66.5 Å². The van der Waals surface area contributed by atoms with E-state index in [1.54, 1.807) is 17.0 Å². The summed E-state index contributed by atoms with van der Waals surface area (Å²) in [7, 11) is 0. The van der Waals surface area contributed by atoms with Gasteiger partial charge in [0.1, 0.15) is 6.29 Å². The molecule has 0 aromatic heterocycles. The molecule has 2 atom stereocenters. The molecule has 0 bridgehead atoms. The zero-order valence-corrected chi connectivity index (χ0v) is 16.8. The highest BCUT2D eigenvalue weighted by Gasteiger charge is 2.33. The molecule has 28 heavy (non-hydrogen) atoms. The Morgan fingerprint density at radius 3 is 2.50 bits per heavy atom. The van der Waals surface area contributed by atoms with Crippen LogP contribution < -0.4 is 9.62 Å². The molecule has 1 heterocycles. The third-order valence-electron chi connectivity index (χ3n) is 4.64. The monoisotopic (exact) mass is 416 g/mol. The van der Waals surface area contributed by atoms with Crippen molar-refractivity contribution >= 4 is 47.2 Å². The molecule has 1 aliphatic heterocycles. The zero-order chi connectivity index (χ0) is 19.9. The van der Waals surface area contributed by atoms with Crippen molar-refractivity contribution in [2.24, 2.45) is 5.92 Å². The van der Waals surface area contributed by atoms with Gasteiger partial charge in [0, 0.05) is 35.2 Å². The number of benzene rings is 2. The van der Waals surface area contributed by atoms with Gasteiger partial charge in [-0.05, 0) is 29.8 Å². The Labute approximate surface area is 173 Å². The zero-order valence-electron chi connectivity index (χ0n) is 15.2. The molecule has 0 spiro atoms. The van der Waals surface area contributed by atoms with E-state index < -0.39 is 6.04 Å². The van der Waals surface area contributed by atoms with E-state index in [2.05, 4.69) is 4.72 Å². The predicted molar refractivity (Wildman–Crippen MR) is 112 cm³/mol. The van der Waals surface area contributed by atoms with E-state index in [4.69, 9.17) is 11.6 Å². The van der Waals surface area contributed by atoms with Gasteiger partial charge in [-0.3, -0.25) is 14.3 Å². The number of nitrogens with one attached hydrogen (secondary N) is 1. The van der Waals surface area contributed by atoms with Crippen molar-refractivity contribution < 1.29 is 14.4 Å². The first kappa shape index (κ1) is 20.6. The van der Waals surface area contributed by atoms with Gasteiger partial charge in [-0.15, -0.1) is 0 Å². The second-order valence-corrected chi connectivity index (χ2v) is 7.91. The highest BCUT2D eigenvalue weighted by molar-refractivity contribution is 7.97. The number of hydrogen-bond acceptors (Lipinski definition) is 5. The molecule has 1 aliphatic rings. The van der Waals surface area contributed by atoms with E-state index in [0.717, 1.165) is 17.5 Å². The third kappa shape index (κ3) is 5.22. The molecular weight excluding hydrogens is 396 g/mol. The molecule has 1 fully saturated rings. The van der Waals surface area contributed by atoms with Crippen LogP contribution in [0.15, 0.2) is 54.6 Å². The number of rotatable bonds is 8. The van der Waals surface area contributed by atoms with Gasteiger partial charge >= 0.3 is 0 Å². The second-order valence-electron chi connectivity index (χ2n) is 6.61. The first-order valence-electron chi connectivity index (χ1n) is 9.03. The SMILES string of the molecule is O=CC1CSNC1C(=O)CCC(=O)N(Cc1ccc(Cl)cc1)c1ccccc1. The van der Waals surface area contributed by atoms with Crippen LogP contribution in [0.1, 0.15) is 18.4 Å². The third-order valence-corrected chi connectivity index (χ3v) is 5.87. The summed E-state index contributed by atoms with van der Waals surface area (Å²) < 4.78 is 2.99. The lowest BCUT2D eigenvalue weighted by Gasteiger charge is -2.23. The fourth-order valence-electron chi connectivity index (χ4n) is 3.06. The van der Waals surface area contributed by atoms with Crippen molar-refractivity contribution in [1.82, 2.24) is 4.72 Å². The predicted octanol–water partition coefficient (Wildman–Crippen LogP) is 3.66. The molecule has 0 radical (unpaired) electrons. The summed E-state index contributed by atoms with van der Waals surface area (Å²) in [6.07, 6.45) is 1.01. The minimum atomic E-state index is -0.503. The summed E-state index contributed by atoms with van der Waals surface area (Å²) in [5, 5.41) is 0.638. The van der Waals surface area contributed by atoms with Gasteiger partial charge in [-0.25, -0.2) is 0 Å². The van der Waals surface area contributed by atoms with Gasteiger partial charge in [-0.1, -0.05) is 53.9 Å². The average Bonchev–Trinajstić information content (AvgIpc) is 3.21. The van der Waals surface area contributed by atoms with Crippen molar-refractivity contribution in [3.8, 4) is 0 Å². The summed E-state index contributed by atoms with van der Waals surface area (Å²) in [5.41, 5.74) is 1.72. The number of ketones is 1. The minimum absolute atomic E-state index is 0.0930. The molecule has 1 N–H and O–H groups in total. The minimum Gasteiger partial charge on any atom is -0.308 e. The summed E-state index contributed by atoms with van der Waals surface area (Å²) in [6.45, 7) is 0.392. The Morgan fingerprint density at radius 2 is 1.82 bits per heavy atom. The number of amides is 1. The molecule has 7 heteroatoms.